The molecule has 8 heteroatoms. The normalized spacial score (nSPS) is 10.6. The number of esters is 1. The predicted molar refractivity (Wildman–Crippen MR) is 109 cm³/mol. The van der Waals surface area contributed by atoms with Crippen LogP contribution in [0.4, 0.5) is 11.4 Å². The van der Waals surface area contributed by atoms with Crippen LogP contribution in [0.3, 0.4) is 0 Å². The van der Waals surface area contributed by atoms with Gasteiger partial charge in [-0.15, -0.1) is 0 Å². The van der Waals surface area contributed by atoms with E-state index in [-0.39, 0.29) is 11.6 Å². The highest BCUT2D eigenvalue weighted by atomic mass is 16.5. The number of nitrogens with one attached hydrogen (secondary N) is 3. The quantitative estimate of drug-likeness (QED) is 0.492. The molecule has 0 bridgehead atoms. The van der Waals surface area contributed by atoms with Gasteiger partial charge in [-0.1, -0.05) is 36.4 Å². The molecule has 29 heavy (non-hydrogen) atoms. The van der Waals surface area contributed by atoms with Crippen LogP contribution in [0.1, 0.15) is 19.4 Å². The van der Waals surface area contributed by atoms with Crippen molar-refractivity contribution in [2.75, 3.05) is 17.2 Å². The number of carbonyl (C=O) groups excluding carboxylic acids is 4. The van der Waals surface area contributed by atoms with Crippen molar-refractivity contribution in [2.45, 2.75) is 13.8 Å². The molecular weight excluding hydrogens is 374 g/mol. The topological polar surface area (TPSA) is 114 Å². The maximum Gasteiger partial charge on any atom is 0.355 e. The summed E-state index contributed by atoms with van der Waals surface area (Å²) in [6, 6.07) is 15.4. The van der Waals surface area contributed by atoms with Crippen molar-refractivity contribution in [3.8, 4) is 0 Å². The Balaban J connectivity index is 1.98. The summed E-state index contributed by atoms with van der Waals surface area (Å²) >= 11 is 0. The lowest BCUT2D eigenvalue weighted by molar-refractivity contribution is -0.144. The van der Waals surface area contributed by atoms with Gasteiger partial charge in [-0.25, -0.2) is 4.79 Å². The molecule has 2 aromatic carbocycles. The highest BCUT2D eigenvalue weighted by Crippen LogP contribution is 2.15. The van der Waals surface area contributed by atoms with E-state index in [1.54, 1.807) is 48.5 Å². The minimum absolute atomic E-state index is 0.0795. The fourth-order valence-corrected chi connectivity index (χ4v) is 2.34. The Morgan fingerprint density at radius 1 is 0.862 bits per heavy atom. The summed E-state index contributed by atoms with van der Waals surface area (Å²) in [7, 11) is 0. The number of hydrogen-bond acceptors (Lipinski definition) is 5. The van der Waals surface area contributed by atoms with Crippen molar-refractivity contribution < 1.29 is 23.9 Å². The van der Waals surface area contributed by atoms with Crippen molar-refractivity contribution in [2.24, 2.45) is 0 Å². The first-order chi connectivity index (χ1) is 13.8. The third-order valence-corrected chi connectivity index (χ3v) is 3.44. The predicted octanol–water partition coefficient (Wildman–Crippen LogP) is 2.30. The molecule has 150 valence electrons. The van der Waals surface area contributed by atoms with Crippen molar-refractivity contribution in [1.29, 1.82) is 0 Å². The maximum atomic E-state index is 12.3. The second kappa shape index (κ2) is 10.4. The van der Waals surface area contributed by atoms with Crippen LogP contribution in [0.25, 0.3) is 6.08 Å². The lowest BCUT2D eigenvalue weighted by Gasteiger charge is -2.10. The fraction of sp³-hybridized carbons (Fsp3) is 0.143. The molecule has 0 unspecified atom stereocenters. The van der Waals surface area contributed by atoms with Crippen LogP contribution in [-0.2, 0) is 23.9 Å². The van der Waals surface area contributed by atoms with E-state index < -0.39 is 24.4 Å². The minimum Gasteiger partial charge on any atom is -0.451 e. The van der Waals surface area contributed by atoms with Crippen LogP contribution in [0, 0.1) is 0 Å². The largest absolute Gasteiger partial charge is 0.451 e. The van der Waals surface area contributed by atoms with E-state index in [1.165, 1.54) is 19.9 Å². The van der Waals surface area contributed by atoms with Gasteiger partial charge < -0.3 is 20.7 Å². The van der Waals surface area contributed by atoms with E-state index in [0.717, 1.165) is 0 Å². The highest BCUT2D eigenvalue weighted by Gasteiger charge is 2.15. The van der Waals surface area contributed by atoms with Gasteiger partial charge in [-0.05, 0) is 29.8 Å². The summed E-state index contributed by atoms with van der Waals surface area (Å²) in [6.45, 7) is 2.09. The molecule has 0 fully saturated rings. The molecule has 0 saturated carbocycles. The maximum absolute atomic E-state index is 12.3. The van der Waals surface area contributed by atoms with Crippen LogP contribution in [0.2, 0.25) is 0 Å². The molecule has 0 aromatic heterocycles. The number of amides is 3. The van der Waals surface area contributed by atoms with Crippen molar-refractivity contribution >= 4 is 41.1 Å². The second-order valence-electron chi connectivity index (χ2n) is 6.04. The first-order valence-corrected chi connectivity index (χ1v) is 8.72. The molecule has 3 amide bonds. The second-order valence-corrected chi connectivity index (χ2v) is 6.04. The molecule has 0 atom stereocenters. The number of carbonyl (C=O) groups is 4. The van der Waals surface area contributed by atoms with Gasteiger partial charge in [0.25, 0.3) is 5.91 Å². The van der Waals surface area contributed by atoms with E-state index in [2.05, 4.69) is 16.0 Å². The van der Waals surface area contributed by atoms with Gasteiger partial charge in [0.15, 0.2) is 6.61 Å². The van der Waals surface area contributed by atoms with Crippen molar-refractivity contribution in [1.82, 2.24) is 5.32 Å². The molecule has 2 aromatic rings. The number of benzene rings is 2. The lowest BCUT2D eigenvalue weighted by Crippen LogP contribution is -2.28. The SMILES string of the molecule is CC(=O)N/C(=C\c1ccccc1)C(=O)OCC(=O)Nc1cccc(NC(C)=O)c1. The summed E-state index contributed by atoms with van der Waals surface area (Å²) in [5.74, 6) is -2.09. The number of rotatable bonds is 7. The Kier molecular flexibility index (Phi) is 7.67. The third kappa shape index (κ3) is 7.67. The molecule has 0 aliphatic carbocycles. The molecule has 0 aliphatic heterocycles. The third-order valence-electron chi connectivity index (χ3n) is 3.44. The van der Waals surface area contributed by atoms with Gasteiger partial charge in [0.2, 0.25) is 11.8 Å². The lowest BCUT2D eigenvalue weighted by atomic mass is 10.2. The summed E-state index contributed by atoms with van der Waals surface area (Å²) in [6.07, 6.45) is 1.46. The van der Waals surface area contributed by atoms with Gasteiger partial charge in [0.1, 0.15) is 5.70 Å². The standard InChI is InChI=1S/C21H21N3O5/c1-14(25)22-17-9-6-10-18(12-17)24-20(27)13-29-21(28)19(23-15(2)26)11-16-7-4-3-5-8-16/h3-12H,13H2,1-2H3,(H,22,25)(H,23,26)(H,24,27)/b19-11-. The number of hydrogen-bond donors (Lipinski definition) is 3. The van der Waals surface area contributed by atoms with E-state index in [1.807, 2.05) is 6.07 Å². The average molecular weight is 395 g/mol. The molecule has 3 N–H and O–H groups in total. The zero-order chi connectivity index (χ0) is 21.2. The zero-order valence-corrected chi connectivity index (χ0v) is 16.0. The summed E-state index contributed by atoms with van der Waals surface area (Å²) in [4.78, 5) is 46.8. The average Bonchev–Trinajstić information content (AvgIpc) is 2.66. The molecule has 0 spiro atoms. The van der Waals surface area contributed by atoms with Crippen molar-refractivity contribution in [3.05, 3.63) is 65.9 Å². The summed E-state index contributed by atoms with van der Waals surface area (Å²) < 4.78 is 5.00. The smallest absolute Gasteiger partial charge is 0.355 e. The molecule has 0 heterocycles. The van der Waals surface area contributed by atoms with Crippen molar-refractivity contribution in [3.63, 3.8) is 0 Å². The Labute approximate surface area is 167 Å². The van der Waals surface area contributed by atoms with Crippen LogP contribution in [0.15, 0.2) is 60.3 Å². The van der Waals surface area contributed by atoms with E-state index in [0.29, 0.717) is 16.9 Å². The molecule has 0 aliphatic rings. The molecular formula is C21H21N3O5. The monoisotopic (exact) mass is 395 g/mol. The molecule has 0 radical (unpaired) electrons. The van der Waals surface area contributed by atoms with Crippen LogP contribution in [0.5, 0.6) is 0 Å². The summed E-state index contributed by atoms with van der Waals surface area (Å²) in [5.41, 5.74) is 1.56. The Morgan fingerprint density at radius 3 is 2.14 bits per heavy atom. The fourth-order valence-electron chi connectivity index (χ4n) is 2.34. The number of ether oxygens (including phenoxy) is 1. The van der Waals surface area contributed by atoms with E-state index in [9.17, 15) is 19.2 Å². The Morgan fingerprint density at radius 2 is 1.52 bits per heavy atom. The molecule has 2 rings (SSSR count). The van der Waals surface area contributed by atoms with Gasteiger partial charge >= 0.3 is 5.97 Å². The highest BCUT2D eigenvalue weighted by molar-refractivity contribution is 6.00. The van der Waals surface area contributed by atoms with Crippen LogP contribution >= 0.6 is 0 Å². The summed E-state index contributed by atoms with van der Waals surface area (Å²) in [5, 5.41) is 7.57. The Bertz CT molecular complexity index is 938. The molecule has 8 nitrogen and oxygen atoms in total. The van der Waals surface area contributed by atoms with E-state index in [4.69, 9.17) is 4.74 Å². The van der Waals surface area contributed by atoms with Crippen LogP contribution < -0.4 is 16.0 Å². The van der Waals surface area contributed by atoms with Crippen LogP contribution in [-0.4, -0.2) is 30.3 Å². The first-order valence-electron chi connectivity index (χ1n) is 8.72. The first kappa shape index (κ1) is 21.4. The zero-order valence-electron chi connectivity index (χ0n) is 16.0. The van der Waals surface area contributed by atoms with Gasteiger partial charge in [0.05, 0.1) is 0 Å². The van der Waals surface area contributed by atoms with E-state index >= 15 is 0 Å². The number of anilines is 2. The van der Waals surface area contributed by atoms with Gasteiger partial charge in [-0.3, -0.25) is 14.4 Å². The minimum atomic E-state index is -0.841. The molecule has 0 saturated heterocycles. The van der Waals surface area contributed by atoms with Gasteiger partial charge in [0, 0.05) is 25.2 Å². The Hall–Kier alpha value is -3.94. The van der Waals surface area contributed by atoms with Gasteiger partial charge in [-0.2, -0.15) is 0 Å².